The predicted molar refractivity (Wildman–Crippen MR) is 86.8 cm³/mol. The highest BCUT2D eigenvalue weighted by atomic mass is 35.5. The molecule has 0 atom stereocenters. The van der Waals surface area contributed by atoms with Gasteiger partial charge in [0.05, 0.1) is 20.9 Å². The number of hydrogen-bond donors (Lipinski definition) is 1. The fourth-order valence-corrected chi connectivity index (χ4v) is 3.27. The van der Waals surface area contributed by atoms with Gasteiger partial charge in [-0.15, -0.1) is 11.3 Å². The summed E-state index contributed by atoms with van der Waals surface area (Å²) in [5.74, 6) is 0. The minimum absolute atomic E-state index is 0.716. The lowest BCUT2D eigenvalue weighted by molar-refractivity contribution is 0.837. The molecule has 0 saturated heterocycles. The van der Waals surface area contributed by atoms with Crippen LogP contribution in [0.1, 0.15) is 17.0 Å². The summed E-state index contributed by atoms with van der Waals surface area (Å²) in [5.41, 5.74) is 7.55. The van der Waals surface area contributed by atoms with E-state index >= 15 is 0 Å². The van der Waals surface area contributed by atoms with Crippen LogP contribution in [0, 0.1) is 13.8 Å². The average molecular weight is 306 g/mol. The molecular weight excluding hydrogens is 290 g/mol. The van der Waals surface area contributed by atoms with E-state index in [1.807, 2.05) is 17.6 Å². The second kappa shape index (κ2) is 5.11. The molecule has 0 amide bonds. The van der Waals surface area contributed by atoms with E-state index < -0.39 is 0 Å². The molecule has 104 valence electrons. The molecule has 0 bridgehead atoms. The summed E-state index contributed by atoms with van der Waals surface area (Å²) in [6.45, 7) is 5.00. The largest absolute Gasteiger partial charge is 0.378 e. The van der Waals surface area contributed by atoms with Gasteiger partial charge in [0, 0.05) is 25.0 Å². The number of fused-ring (bicyclic) bond motifs is 1. The number of rotatable bonds is 3. The Balaban J connectivity index is 1.92. The molecule has 0 aliphatic carbocycles. The summed E-state index contributed by atoms with van der Waals surface area (Å²) >= 11 is 7.93. The summed E-state index contributed by atoms with van der Waals surface area (Å²) < 4.78 is 3.35. The maximum absolute atomic E-state index is 6.30. The summed E-state index contributed by atoms with van der Waals surface area (Å²) in [6.07, 6.45) is 0. The maximum Gasteiger partial charge on any atom is 0.106 e. The molecule has 5 heteroatoms. The number of halogens is 1. The maximum atomic E-state index is 6.30. The van der Waals surface area contributed by atoms with E-state index in [0.29, 0.717) is 5.02 Å². The highest BCUT2D eigenvalue weighted by Crippen LogP contribution is 2.32. The van der Waals surface area contributed by atoms with Crippen molar-refractivity contribution >= 4 is 38.8 Å². The summed E-state index contributed by atoms with van der Waals surface area (Å²) in [6, 6.07) is 6.14. The van der Waals surface area contributed by atoms with Gasteiger partial charge in [-0.2, -0.15) is 0 Å². The number of aryl methyl sites for hydroxylation is 1. The molecule has 2 heterocycles. The Morgan fingerprint density at radius 3 is 2.85 bits per heavy atom. The van der Waals surface area contributed by atoms with Crippen LogP contribution in [0.15, 0.2) is 23.7 Å². The van der Waals surface area contributed by atoms with E-state index in [4.69, 9.17) is 11.6 Å². The molecule has 3 nitrogen and oxygen atoms in total. The first-order valence-corrected chi connectivity index (χ1v) is 7.71. The number of anilines is 1. The van der Waals surface area contributed by atoms with Gasteiger partial charge in [0.2, 0.25) is 0 Å². The molecule has 0 aliphatic heterocycles. The van der Waals surface area contributed by atoms with Crippen molar-refractivity contribution in [2.24, 2.45) is 7.05 Å². The third-order valence-electron chi connectivity index (χ3n) is 3.79. The van der Waals surface area contributed by atoms with Gasteiger partial charge in [-0.05, 0) is 37.6 Å². The van der Waals surface area contributed by atoms with Crippen molar-refractivity contribution in [1.82, 2.24) is 9.55 Å². The predicted octanol–water partition coefficient (Wildman–Crippen LogP) is 4.52. The van der Waals surface area contributed by atoms with Crippen molar-refractivity contribution in [2.75, 3.05) is 5.32 Å². The van der Waals surface area contributed by atoms with Gasteiger partial charge < -0.3 is 9.88 Å². The van der Waals surface area contributed by atoms with Crippen LogP contribution in [0.5, 0.6) is 0 Å². The van der Waals surface area contributed by atoms with Crippen LogP contribution in [0.2, 0.25) is 5.02 Å². The second-order valence-electron chi connectivity index (χ2n) is 4.93. The van der Waals surface area contributed by atoms with Crippen LogP contribution in [0.25, 0.3) is 10.2 Å². The second-order valence-corrected chi connectivity index (χ2v) is 6.22. The monoisotopic (exact) mass is 305 g/mol. The molecule has 0 saturated carbocycles. The smallest absolute Gasteiger partial charge is 0.106 e. The van der Waals surface area contributed by atoms with Crippen molar-refractivity contribution in [3.8, 4) is 0 Å². The van der Waals surface area contributed by atoms with Crippen molar-refractivity contribution in [3.05, 3.63) is 45.7 Å². The molecule has 3 aromatic rings. The molecule has 0 fully saturated rings. The molecule has 0 radical (unpaired) electrons. The molecule has 0 spiro atoms. The Morgan fingerprint density at radius 1 is 1.35 bits per heavy atom. The first-order chi connectivity index (χ1) is 9.58. The van der Waals surface area contributed by atoms with Crippen molar-refractivity contribution in [1.29, 1.82) is 0 Å². The average Bonchev–Trinajstić information content (AvgIpc) is 2.99. The zero-order valence-electron chi connectivity index (χ0n) is 11.7. The number of benzene rings is 1. The summed E-state index contributed by atoms with van der Waals surface area (Å²) in [5, 5.41) is 4.16. The topological polar surface area (TPSA) is 29.9 Å². The number of aromatic nitrogens is 2. The SMILES string of the molecule is Cc1cc(CNc2c(Cl)ccc3scnc23)c(C)n1C. The standard InChI is InChI=1S/C15H16ClN3S/c1-9-6-11(10(2)19(9)3)7-17-14-12(16)4-5-13-15(14)18-8-20-13/h4-6,8,17H,7H2,1-3H3. The Kier molecular flexibility index (Phi) is 3.44. The number of thiazole rings is 1. The minimum Gasteiger partial charge on any atom is -0.378 e. The molecule has 20 heavy (non-hydrogen) atoms. The summed E-state index contributed by atoms with van der Waals surface area (Å²) in [4.78, 5) is 4.40. The third-order valence-corrected chi connectivity index (χ3v) is 4.90. The zero-order valence-corrected chi connectivity index (χ0v) is 13.3. The van der Waals surface area contributed by atoms with Gasteiger partial charge in [-0.1, -0.05) is 11.6 Å². The van der Waals surface area contributed by atoms with Crippen LogP contribution in [-0.2, 0) is 13.6 Å². The quantitative estimate of drug-likeness (QED) is 0.771. The van der Waals surface area contributed by atoms with Crippen molar-refractivity contribution < 1.29 is 0 Å². The van der Waals surface area contributed by atoms with Crippen LogP contribution >= 0.6 is 22.9 Å². The van der Waals surface area contributed by atoms with Crippen molar-refractivity contribution in [2.45, 2.75) is 20.4 Å². The number of hydrogen-bond acceptors (Lipinski definition) is 3. The molecule has 0 aliphatic rings. The molecule has 1 N–H and O–H groups in total. The van der Waals surface area contributed by atoms with E-state index in [0.717, 1.165) is 22.4 Å². The number of nitrogens with one attached hydrogen (secondary N) is 1. The lowest BCUT2D eigenvalue weighted by atomic mass is 10.2. The normalized spacial score (nSPS) is 11.2. The van der Waals surface area contributed by atoms with Gasteiger partial charge in [-0.25, -0.2) is 4.98 Å². The molecule has 3 rings (SSSR count). The van der Waals surface area contributed by atoms with Gasteiger partial charge in [0.15, 0.2) is 0 Å². The molecular formula is C15H16ClN3S. The van der Waals surface area contributed by atoms with E-state index in [2.05, 4.69) is 41.8 Å². The fourth-order valence-electron chi connectivity index (χ4n) is 2.37. The first kappa shape index (κ1) is 13.5. The van der Waals surface area contributed by atoms with Crippen LogP contribution < -0.4 is 5.32 Å². The van der Waals surface area contributed by atoms with E-state index in [1.54, 1.807) is 11.3 Å². The van der Waals surface area contributed by atoms with Crippen LogP contribution in [-0.4, -0.2) is 9.55 Å². The Morgan fingerprint density at radius 2 is 2.15 bits per heavy atom. The van der Waals surface area contributed by atoms with Gasteiger partial charge in [0.1, 0.15) is 5.52 Å². The van der Waals surface area contributed by atoms with E-state index in [1.165, 1.54) is 17.0 Å². The molecule has 2 aromatic heterocycles. The highest BCUT2D eigenvalue weighted by molar-refractivity contribution is 7.16. The molecule has 0 unspecified atom stereocenters. The lowest BCUT2D eigenvalue weighted by Gasteiger charge is -2.09. The Hall–Kier alpha value is -1.52. The van der Waals surface area contributed by atoms with Crippen molar-refractivity contribution in [3.63, 3.8) is 0 Å². The van der Waals surface area contributed by atoms with Crippen LogP contribution in [0.4, 0.5) is 5.69 Å². The Labute approximate surface area is 127 Å². The van der Waals surface area contributed by atoms with Gasteiger partial charge >= 0.3 is 0 Å². The Bertz CT molecular complexity index is 773. The summed E-state index contributed by atoms with van der Waals surface area (Å²) in [7, 11) is 2.09. The van der Waals surface area contributed by atoms with E-state index in [9.17, 15) is 0 Å². The van der Waals surface area contributed by atoms with E-state index in [-0.39, 0.29) is 0 Å². The molecule has 1 aromatic carbocycles. The van der Waals surface area contributed by atoms with Crippen LogP contribution in [0.3, 0.4) is 0 Å². The highest BCUT2D eigenvalue weighted by Gasteiger charge is 2.10. The zero-order chi connectivity index (χ0) is 14.3. The third kappa shape index (κ3) is 2.19. The number of nitrogens with zero attached hydrogens (tertiary/aromatic N) is 2. The minimum atomic E-state index is 0.716. The first-order valence-electron chi connectivity index (χ1n) is 6.45. The van der Waals surface area contributed by atoms with Gasteiger partial charge in [-0.3, -0.25) is 0 Å². The lowest BCUT2D eigenvalue weighted by Crippen LogP contribution is -2.02. The fraction of sp³-hybridized carbons (Fsp3) is 0.267. The van der Waals surface area contributed by atoms with Gasteiger partial charge in [0.25, 0.3) is 0 Å².